The Balaban J connectivity index is 1.94. The Morgan fingerprint density at radius 1 is 0.952 bits per heavy atom. The van der Waals surface area contributed by atoms with Crippen molar-refractivity contribution in [3.05, 3.63) is 76.3 Å². The number of ketones is 1. The standard InChI is InChI=1S/C18H13BrO2/c19-14-8-5-12(6-9-14)11-17(20)16-10-7-13-3-1-2-4-15(13)18(16)21/h1-10,21H,11H2. The Morgan fingerprint density at radius 3 is 2.43 bits per heavy atom. The number of phenolic OH excluding ortho intramolecular Hbond substituents is 1. The van der Waals surface area contributed by atoms with Gasteiger partial charge in [0.1, 0.15) is 5.75 Å². The van der Waals surface area contributed by atoms with Gasteiger partial charge >= 0.3 is 0 Å². The third kappa shape index (κ3) is 2.83. The van der Waals surface area contributed by atoms with Crippen LogP contribution in [0.4, 0.5) is 0 Å². The summed E-state index contributed by atoms with van der Waals surface area (Å²) in [6.45, 7) is 0. The van der Waals surface area contributed by atoms with Crippen LogP contribution in [0, 0.1) is 0 Å². The lowest BCUT2D eigenvalue weighted by molar-refractivity contribution is 0.0990. The van der Waals surface area contributed by atoms with Crippen molar-refractivity contribution in [1.29, 1.82) is 0 Å². The lowest BCUT2D eigenvalue weighted by Gasteiger charge is -2.07. The summed E-state index contributed by atoms with van der Waals surface area (Å²) in [5.41, 5.74) is 1.30. The van der Waals surface area contributed by atoms with Gasteiger partial charge in [0.2, 0.25) is 0 Å². The van der Waals surface area contributed by atoms with E-state index < -0.39 is 0 Å². The van der Waals surface area contributed by atoms with Crippen LogP contribution in [0.1, 0.15) is 15.9 Å². The SMILES string of the molecule is O=C(Cc1ccc(Br)cc1)c1ccc2ccccc2c1O. The Kier molecular flexibility index (Phi) is 3.76. The predicted molar refractivity (Wildman–Crippen MR) is 87.8 cm³/mol. The van der Waals surface area contributed by atoms with E-state index in [0.29, 0.717) is 10.9 Å². The van der Waals surface area contributed by atoms with E-state index in [1.54, 1.807) is 6.07 Å². The van der Waals surface area contributed by atoms with E-state index in [1.165, 1.54) is 0 Å². The number of benzene rings is 3. The molecule has 0 heterocycles. The van der Waals surface area contributed by atoms with Crippen molar-refractivity contribution in [3.8, 4) is 5.75 Å². The summed E-state index contributed by atoms with van der Waals surface area (Å²) in [6.07, 6.45) is 0.277. The largest absolute Gasteiger partial charge is 0.507 e. The fourth-order valence-corrected chi connectivity index (χ4v) is 2.63. The van der Waals surface area contributed by atoms with E-state index in [2.05, 4.69) is 15.9 Å². The van der Waals surface area contributed by atoms with Crippen molar-refractivity contribution in [1.82, 2.24) is 0 Å². The van der Waals surface area contributed by atoms with E-state index >= 15 is 0 Å². The highest BCUT2D eigenvalue weighted by molar-refractivity contribution is 9.10. The van der Waals surface area contributed by atoms with Crippen molar-refractivity contribution in [3.63, 3.8) is 0 Å². The molecular formula is C18H13BrO2. The first-order valence-electron chi connectivity index (χ1n) is 6.63. The minimum atomic E-state index is -0.0828. The number of hydrogen-bond donors (Lipinski definition) is 1. The molecule has 0 aliphatic carbocycles. The van der Waals surface area contributed by atoms with Crippen LogP contribution in [0.5, 0.6) is 5.75 Å². The van der Waals surface area contributed by atoms with Crippen molar-refractivity contribution < 1.29 is 9.90 Å². The van der Waals surface area contributed by atoms with E-state index in [4.69, 9.17) is 0 Å². The Hall–Kier alpha value is -2.13. The highest BCUT2D eigenvalue weighted by Crippen LogP contribution is 2.29. The smallest absolute Gasteiger partial charge is 0.170 e. The van der Waals surface area contributed by atoms with Crippen LogP contribution < -0.4 is 0 Å². The summed E-state index contributed by atoms with van der Waals surface area (Å²) >= 11 is 3.37. The van der Waals surface area contributed by atoms with Gasteiger partial charge in [0, 0.05) is 16.3 Å². The van der Waals surface area contributed by atoms with Crippen LogP contribution in [-0.4, -0.2) is 10.9 Å². The summed E-state index contributed by atoms with van der Waals surface area (Å²) in [5, 5.41) is 11.9. The molecule has 0 unspecified atom stereocenters. The minimum Gasteiger partial charge on any atom is -0.507 e. The Labute approximate surface area is 131 Å². The number of carbonyl (C=O) groups excluding carboxylic acids is 1. The molecule has 1 N–H and O–H groups in total. The molecule has 21 heavy (non-hydrogen) atoms. The van der Waals surface area contributed by atoms with E-state index in [1.807, 2.05) is 54.6 Å². The number of phenols is 1. The van der Waals surface area contributed by atoms with Gasteiger partial charge in [-0.25, -0.2) is 0 Å². The van der Waals surface area contributed by atoms with Gasteiger partial charge in [0.25, 0.3) is 0 Å². The monoisotopic (exact) mass is 340 g/mol. The molecule has 3 aromatic carbocycles. The van der Waals surface area contributed by atoms with E-state index in [-0.39, 0.29) is 18.0 Å². The maximum atomic E-state index is 12.4. The maximum absolute atomic E-state index is 12.4. The highest BCUT2D eigenvalue weighted by atomic mass is 79.9. The zero-order valence-corrected chi connectivity index (χ0v) is 12.8. The molecule has 0 bridgehead atoms. The molecule has 0 saturated carbocycles. The van der Waals surface area contributed by atoms with Gasteiger partial charge in [-0.3, -0.25) is 4.79 Å². The first-order chi connectivity index (χ1) is 10.1. The van der Waals surface area contributed by atoms with Gasteiger partial charge in [-0.1, -0.05) is 58.4 Å². The number of rotatable bonds is 3. The first kappa shape index (κ1) is 13.8. The number of carbonyl (C=O) groups is 1. The molecule has 3 aromatic rings. The fraction of sp³-hybridized carbons (Fsp3) is 0.0556. The molecule has 3 rings (SSSR count). The highest BCUT2D eigenvalue weighted by Gasteiger charge is 2.14. The quantitative estimate of drug-likeness (QED) is 0.699. The molecule has 104 valence electrons. The van der Waals surface area contributed by atoms with Crippen LogP contribution in [-0.2, 0) is 6.42 Å². The topological polar surface area (TPSA) is 37.3 Å². The third-order valence-electron chi connectivity index (χ3n) is 3.48. The fourth-order valence-electron chi connectivity index (χ4n) is 2.36. The van der Waals surface area contributed by atoms with Crippen LogP contribution in [0.3, 0.4) is 0 Å². The van der Waals surface area contributed by atoms with Gasteiger partial charge < -0.3 is 5.11 Å². The molecule has 0 aliphatic rings. The van der Waals surface area contributed by atoms with Crippen molar-refractivity contribution in [2.45, 2.75) is 6.42 Å². The Bertz CT molecular complexity index is 807. The summed E-state index contributed by atoms with van der Waals surface area (Å²) in [4.78, 5) is 12.4. The van der Waals surface area contributed by atoms with Crippen molar-refractivity contribution in [2.24, 2.45) is 0 Å². The van der Waals surface area contributed by atoms with E-state index in [0.717, 1.165) is 15.4 Å². The average Bonchev–Trinajstić information content (AvgIpc) is 2.50. The van der Waals surface area contributed by atoms with Crippen LogP contribution in [0.2, 0.25) is 0 Å². The second kappa shape index (κ2) is 5.70. The molecule has 2 nitrogen and oxygen atoms in total. The summed E-state index contributed by atoms with van der Waals surface area (Å²) in [7, 11) is 0. The minimum absolute atomic E-state index is 0.0650. The molecule has 3 heteroatoms. The zero-order valence-electron chi connectivity index (χ0n) is 11.2. The number of fused-ring (bicyclic) bond motifs is 1. The van der Waals surface area contributed by atoms with Gasteiger partial charge in [0.15, 0.2) is 5.78 Å². The van der Waals surface area contributed by atoms with Gasteiger partial charge in [-0.2, -0.15) is 0 Å². The number of Topliss-reactive ketones (excluding diaryl/α,β-unsaturated/α-hetero) is 1. The second-order valence-corrected chi connectivity index (χ2v) is 5.82. The van der Waals surface area contributed by atoms with E-state index in [9.17, 15) is 9.90 Å². The van der Waals surface area contributed by atoms with Gasteiger partial charge in [0.05, 0.1) is 5.56 Å². The van der Waals surface area contributed by atoms with Crippen molar-refractivity contribution >= 4 is 32.5 Å². The number of hydrogen-bond acceptors (Lipinski definition) is 2. The summed E-state index contributed by atoms with van der Waals surface area (Å²) in [5.74, 6) is -0.0178. The molecule has 0 saturated heterocycles. The maximum Gasteiger partial charge on any atom is 0.170 e. The second-order valence-electron chi connectivity index (χ2n) is 4.91. The molecule has 0 atom stereocenters. The molecule has 0 aromatic heterocycles. The average molecular weight is 341 g/mol. The molecular weight excluding hydrogens is 328 g/mol. The molecule has 0 amide bonds. The molecule has 0 spiro atoms. The van der Waals surface area contributed by atoms with Crippen molar-refractivity contribution in [2.75, 3.05) is 0 Å². The Morgan fingerprint density at radius 2 is 1.67 bits per heavy atom. The lowest BCUT2D eigenvalue weighted by atomic mass is 9.99. The van der Waals surface area contributed by atoms with Gasteiger partial charge in [-0.15, -0.1) is 0 Å². The molecule has 0 radical (unpaired) electrons. The number of halogens is 1. The summed E-state index contributed by atoms with van der Waals surface area (Å²) in [6, 6.07) is 18.7. The van der Waals surface area contributed by atoms with Crippen LogP contribution in [0.15, 0.2) is 65.1 Å². The predicted octanol–water partition coefficient (Wildman–Crippen LogP) is 4.73. The van der Waals surface area contributed by atoms with Crippen LogP contribution in [0.25, 0.3) is 10.8 Å². The molecule has 0 fully saturated rings. The zero-order chi connectivity index (χ0) is 14.8. The normalized spacial score (nSPS) is 10.7. The molecule has 0 aliphatic heterocycles. The van der Waals surface area contributed by atoms with Gasteiger partial charge in [-0.05, 0) is 29.1 Å². The third-order valence-corrected chi connectivity index (χ3v) is 4.01. The summed E-state index contributed by atoms with van der Waals surface area (Å²) < 4.78 is 0.979. The van der Waals surface area contributed by atoms with Crippen LogP contribution >= 0.6 is 15.9 Å². The number of aromatic hydroxyl groups is 1. The first-order valence-corrected chi connectivity index (χ1v) is 7.43. The lowest BCUT2D eigenvalue weighted by Crippen LogP contribution is -2.04.